The Bertz CT molecular complexity index is 1170. The zero-order valence-electron chi connectivity index (χ0n) is 14.4. The monoisotopic (exact) mass is 347 g/mol. The van der Waals surface area contributed by atoms with Gasteiger partial charge in [0.2, 0.25) is 11.5 Å². The van der Waals surface area contributed by atoms with Crippen molar-refractivity contribution in [2.45, 2.75) is 19.9 Å². The van der Waals surface area contributed by atoms with Gasteiger partial charge in [-0.1, -0.05) is 29.8 Å². The second-order valence-corrected chi connectivity index (χ2v) is 6.26. The normalized spacial score (nSPS) is 12.4. The van der Waals surface area contributed by atoms with E-state index in [1.807, 2.05) is 49.4 Å². The molecule has 0 aliphatic carbocycles. The molecular weight excluding hydrogens is 330 g/mol. The first-order valence-electron chi connectivity index (χ1n) is 8.30. The van der Waals surface area contributed by atoms with E-state index >= 15 is 0 Å². The van der Waals surface area contributed by atoms with Crippen LogP contribution < -0.4 is 10.9 Å². The lowest BCUT2D eigenvalue weighted by Crippen LogP contribution is -2.31. The van der Waals surface area contributed by atoms with Crippen molar-refractivity contribution in [3.63, 3.8) is 0 Å². The second-order valence-electron chi connectivity index (χ2n) is 6.26. The lowest BCUT2D eigenvalue weighted by atomic mass is 10.2. The molecule has 1 amide bonds. The fourth-order valence-electron chi connectivity index (χ4n) is 2.88. The standard InChI is InChI=1S/C20H17N3O3/c1-12-7-9-14(10-8-12)22-19(24)13(2)23-11-21-17-15-5-3-4-6-16(15)26-18(17)20(23)25/h3-11,13H,1-2H3,(H,22,24). The van der Waals surface area contributed by atoms with Crippen molar-refractivity contribution in [2.24, 2.45) is 0 Å². The van der Waals surface area contributed by atoms with Crippen molar-refractivity contribution in [2.75, 3.05) is 5.32 Å². The van der Waals surface area contributed by atoms with E-state index in [-0.39, 0.29) is 17.0 Å². The van der Waals surface area contributed by atoms with Crippen LogP contribution in [0.2, 0.25) is 0 Å². The van der Waals surface area contributed by atoms with Crippen LogP contribution in [0.1, 0.15) is 18.5 Å². The Kier molecular flexibility index (Phi) is 3.80. The third kappa shape index (κ3) is 2.65. The molecule has 2 heterocycles. The number of carbonyl (C=O) groups is 1. The van der Waals surface area contributed by atoms with Crippen LogP contribution in [0, 0.1) is 6.92 Å². The molecule has 2 aromatic carbocycles. The van der Waals surface area contributed by atoms with E-state index in [2.05, 4.69) is 10.3 Å². The molecule has 0 spiro atoms. The number of nitrogens with zero attached hydrogens (tertiary/aromatic N) is 2. The second kappa shape index (κ2) is 6.15. The minimum atomic E-state index is -0.728. The van der Waals surface area contributed by atoms with Crippen molar-refractivity contribution >= 4 is 33.7 Å². The van der Waals surface area contributed by atoms with Crippen LogP contribution in [0.15, 0.2) is 64.1 Å². The number of para-hydroxylation sites is 1. The van der Waals surface area contributed by atoms with Crippen LogP contribution in [-0.4, -0.2) is 15.5 Å². The van der Waals surface area contributed by atoms with Crippen molar-refractivity contribution in [3.05, 3.63) is 70.8 Å². The number of nitrogens with one attached hydrogen (secondary N) is 1. The quantitative estimate of drug-likeness (QED) is 0.614. The number of furan rings is 1. The Morgan fingerprint density at radius 2 is 1.88 bits per heavy atom. The summed E-state index contributed by atoms with van der Waals surface area (Å²) < 4.78 is 6.94. The Labute approximate surface area is 149 Å². The average Bonchev–Trinajstić information content (AvgIpc) is 3.03. The number of benzene rings is 2. The lowest BCUT2D eigenvalue weighted by Gasteiger charge is -2.14. The third-order valence-corrected chi connectivity index (χ3v) is 4.43. The molecule has 0 saturated carbocycles. The fraction of sp³-hybridized carbons (Fsp3) is 0.150. The van der Waals surface area contributed by atoms with Crippen LogP contribution in [0.3, 0.4) is 0 Å². The summed E-state index contributed by atoms with van der Waals surface area (Å²) in [5.41, 5.74) is 2.67. The van der Waals surface area contributed by atoms with Crippen LogP contribution in [0.25, 0.3) is 22.1 Å². The number of anilines is 1. The van der Waals surface area contributed by atoms with Gasteiger partial charge in [0, 0.05) is 11.1 Å². The van der Waals surface area contributed by atoms with Crippen LogP contribution >= 0.6 is 0 Å². The number of rotatable bonds is 3. The smallest absolute Gasteiger partial charge is 0.297 e. The molecule has 4 rings (SSSR count). The van der Waals surface area contributed by atoms with Crippen LogP contribution in [0.5, 0.6) is 0 Å². The zero-order chi connectivity index (χ0) is 18.3. The fourth-order valence-corrected chi connectivity index (χ4v) is 2.88. The zero-order valence-corrected chi connectivity index (χ0v) is 14.4. The average molecular weight is 347 g/mol. The van der Waals surface area contributed by atoms with Gasteiger partial charge in [-0.25, -0.2) is 4.98 Å². The molecular formula is C20H17N3O3. The highest BCUT2D eigenvalue weighted by molar-refractivity contribution is 6.02. The van der Waals surface area contributed by atoms with Crippen molar-refractivity contribution in [3.8, 4) is 0 Å². The summed E-state index contributed by atoms with van der Waals surface area (Å²) in [5.74, 6) is -0.298. The van der Waals surface area contributed by atoms with Gasteiger partial charge >= 0.3 is 0 Å². The summed E-state index contributed by atoms with van der Waals surface area (Å²) in [6, 6.07) is 14.1. The molecule has 4 aromatic rings. The van der Waals surface area contributed by atoms with Gasteiger partial charge in [-0.3, -0.25) is 14.2 Å². The molecule has 130 valence electrons. The maximum absolute atomic E-state index is 12.8. The van der Waals surface area contributed by atoms with Gasteiger partial charge in [-0.05, 0) is 38.1 Å². The third-order valence-electron chi connectivity index (χ3n) is 4.43. The Hall–Kier alpha value is -3.41. The first kappa shape index (κ1) is 16.1. The molecule has 6 heteroatoms. The topological polar surface area (TPSA) is 77.1 Å². The Morgan fingerprint density at radius 3 is 2.65 bits per heavy atom. The minimum Gasteiger partial charge on any atom is -0.448 e. The molecule has 0 fully saturated rings. The first-order valence-corrected chi connectivity index (χ1v) is 8.30. The van der Waals surface area contributed by atoms with Gasteiger partial charge in [0.1, 0.15) is 17.1 Å². The molecule has 0 radical (unpaired) electrons. The number of hydrogen-bond donors (Lipinski definition) is 1. The summed E-state index contributed by atoms with van der Waals surface area (Å²) in [6.07, 6.45) is 1.39. The van der Waals surface area contributed by atoms with Gasteiger partial charge < -0.3 is 9.73 Å². The molecule has 1 atom stereocenters. The predicted octanol–water partition coefficient (Wildman–Crippen LogP) is 3.65. The molecule has 0 aliphatic heterocycles. The number of carbonyl (C=O) groups excluding carboxylic acids is 1. The molecule has 1 unspecified atom stereocenters. The van der Waals surface area contributed by atoms with E-state index in [1.165, 1.54) is 10.9 Å². The van der Waals surface area contributed by atoms with E-state index in [1.54, 1.807) is 13.0 Å². The minimum absolute atomic E-state index is 0.156. The Morgan fingerprint density at radius 1 is 1.15 bits per heavy atom. The van der Waals surface area contributed by atoms with E-state index in [0.717, 1.165) is 10.9 Å². The molecule has 1 N–H and O–H groups in total. The lowest BCUT2D eigenvalue weighted by molar-refractivity contribution is -0.118. The largest absolute Gasteiger partial charge is 0.448 e. The molecule has 26 heavy (non-hydrogen) atoms. The highest BCUT2D eigenvalue weighted by atomic mass is 16.3. The number of amides is 1. The number of aryl methyl sites for hydroxylation is 1. The van der Waals surface area contributed by atoms with E-state index in [4.69, 9.17) is 4.42 Å². The van der Waals surface area contributed by atoms with Crippen molar-refractivity contribution < 1.29 is 9.21 Å². The van der Waals surface area contributed by atoms with Gasteiger partial charge in [0.15, 0.2) is 0 Å². The summed E-state index contributed by atoms with van der Waals surface area (Å²) >= 11 is 0. The maximum atomic E-state index is 12.8. The van der Waals surface area contributed by atoms with Crippen molar-refractivity contribution in [1.29, 1.82) is 0 Å². The SMILES string of the molecule is Cc1ccc(NC(=O)C(C)n2cnc3c(oc4ccccc43)c2=O)cc1. The highest BCUT2D eigenvalue weighted by Gasteiger charge is 2.20. The molecule has 2 aromatic heterocycles. The summed E-state index contributed by atoms with van der Waals surface area (Å²) in [7, 11) is 0. The van der Waals surface area contributed by atoms with Crippen molar-refractivity contribution in [1.82, 2.24) is 9.55 Å². The van der Waals surface area contributed by atoms with Crippen LogP contribution in [-0.2, 0) is 4.79 Å². The molecule has 0 saturated heterocycles. The molecule has 0 aliphatic rings. The number of fused-ring (bicyclic) bond motifs is 3. The van der Waals surface area contributed by atoms with Gasteiger partial charge in [0.25, 0.3) is 5.56 Å². The summed E-state index contributed by atoms with van der Waals surface area (Å²) in [5, 5.41) is 3.59. The number of hydrogen-bond acceptors (Lipinski definition) is 4. The summed E-state index contributed by atoms with van der Waals surface area (Å²) in [6.45, 7) is 3.63. The molecule has 0 bridgehead atoms. The van der Waals surface area contributed by atoms with E-state index < -0.39 is 6.04 Å². The predicted molar refractivity (Wildman–Crippen MR) is 100 cm³/mol. The van der Waals surface area contributed by atoms with E-state index in [0.29, 0.717) is 16.8 Å². The summed E-state index contributed by atoms with van der Waals surface area (Å²) in [4.78, 5) is 29.7. The van der Waals surface area contributed by atoms with Gasteiger partial charge in [0.05, 0.1) is 6.33 Å². The van der Waals surface area contributed by atoms with Crippen LogP contribution in [0.4, 0.5) is 5.69 Å². The van der Waals surface area contributed by atoms with E-state index in [9.17, 15) is 9.59 Å². The maximum Gasteiger partial charge on any atom is 0.297 e. The first-order chi connectivity index (χ1) is 12.5. The molecule has 6 nitrogen and oxygen atoms in total. The van der Waals surface area contributed by atoms with Gasteiger partial charge in [-0.15, -0.1) is 0 Å². The Balaban J connectivity index is 1.70. The number of aromatic nitrogens is 2. The van der Waals surface area contributed by atoms with Gasteiger partial charge in [-0.2, -0.15) is 0 Å². The highest BCUT2D eigenvalue weighted by Crippen LogP contribution is 2.24.